The highest BCUT2D eigenvalue weighted by atomic mass is 32.2. The van der Waals surface area contributed by atoms with Gasteiger partial charge in [-0.05, 0) is 29.8 Å². The topological polar surface area (TPSA) is 70.8 Å². The number of nitrogens with zero attached hydrogens (tertiary/aromatic N) is 1. The standard InChI is InChI=1S/C16H11NO4S2/c18-14(19)8-10-3-5-11(6-4-10)17-15(20)13(23-16(17)22)9-12-2-1-7-21-12/h1-7,9H,8H2,(H,18,19)/b13-9+. The first-order valence-corrected chi connectivity index (χ1v) is 7.89. The van der Waals surface area contributed by atoms with Crippen LogP contribution < -0.4 is 4.90 Å². The van der Waals surface area contributed by atoms with Crippen LogP contribution in [0.15, 0.2) is 52.0 Å². The fraction of sp³-hybridized carbons (Fsp3) is 0.0625. The third kappa shape index (κ3) is 3.35. The van der Waals surface area contributed by atoms with Gasteiger partial charge in [-0.15, -0.1) is 0 Å². The van der Waals surface area contributed by atoms with Crippen molar-refractivity contribution in [1.82, 2.24) is 0 Å². The molecule has 1 N–H and O–H groups in total. The molecule has 0 unspecified atom stereocenters. The Balaban J connectivity index is 1.84. The van der Waals surface area contributed by atoms with Crippen molar-refractivity contribution in [2.75, 3.05) is 4.90 Å². The minimum Gasteiger partial charge on any atom is -0.481 e. The van der Waals surface area contributed by atoms with Gasteiger partial charge in [-0.3, -0.25) is 14.5 Å². The maximum atomic E-state index is 12.5. The summed E-state index contributed by atoms with van der Waals surface area (Å²) in [6.07, 6.45) is 3.13. The average molecular weight is 345 g/mol. The van der Waals surface area contributed by atoms with Gasteiger partial charge in [-0.2, -0.15) is 0 Å². The van der Waals surface area contributed by atoms with Crippen molar-refractivity contribution < 1.29 is 19.1 Å². The number of hydrogen-bond donors (Lipinski definition) is 1. The first-order chi connectivity index (χ1) is 11.0. The zero-order valence-corrected chi connectivity index (χ0v) is 13.4. The van der Waals surface area contributed by atoms with Gasteiger partial charge in [0, 0.05) is 6.08 Å². The highest BCUT2D eigenvalue weighted by molar-refractivity contribution is 8.27. The van der Waals surface area contributed by atoms with Crippen LogP contribution >= 0.6 is 24.0 Å². The minimum atomic E-state index is -0.898. The second-order valence-electron chi connectivity index (χ2n) is 4.77. The van der Waals surface area contributed by atoms with Gasteiger partial charge in [0.05, 0.1) is 23.3 Å². The summed E-state index contributed by atoms with van der Waals surface area (Å²) in [6.45, 7) is 0. The number of thiocarbonyl (C=S) groups is 1. The molecule has 1 aromatic heterocycles. The van der Waals surface area contributed by atoms with Crippen molar-refractivity contribution in [2.45, 2.75) is 6.42 Å². The summed E-state index contributed by atoms with van der Waals surface area (Å²) < 4.78 is 5.64. The number of aliphatic carboxylic acids is 1. The Hall–Kier alpha value is -2.38. The third-order valence-electron chi connectivity index (χ3n) is 3.16. The molecule has 116 valence electrons. The van der Waals surface area contributed by atoms with Crippen LogP contribution in [0.4, 0.5) is 5.69 Å². The molecule has 1 aliphatic rings. The van der Waals surface area contributed by atoms with E-state index in [-0.39, 0.29) is 12.3 Å². The van der Waals surface area contributed by atoms with E-state index in [0.717, 1.165) is 0 Å². The Morgan fingerprint density at radius 1 is 1.30 bits per heavy atom. The number of benzene rings is 1. The number of carboxylic acids is 1. The van der Waals surface area contributed by atoms with Crippen molar-refractivity contribution in [2.24, 2.45) is 0 Å². The highest BCUT2D eigenvalue weighted by Crippen LogP contribution is 2.36. The van der Waals surface area contributed by atoms with Crippen molar-refractivity contribution >= 4 is 51.9 Å². The summed E-state index contributed by atoms with van der Waals surface area (Å²) in [5, 5.41) is 8.78. The molecule has 5 nitrogen and oxygen atoms in total. The summed E-state index contributed by atoms with van der Waals surface area (Å²) >= 11 is 6.48. The predicted octanol–water partition coefficient (Wildman–Crippen LogP) is 3.31. The molecule has 0 aliphatic carbocycles. The lowest BCUT2D eigenvalue weighted by molar-refractivity contribution is -0.136. The van der Waals surface area contributed by atoms with Crippen LogP contribution in [0.5, 0.6) is 0 Å². The van der Waals surface area contributed by atoms with Crippen LogP contribution in [0.25, 0.3) is 6.08 Å². The number of anilines is 1. The smallest absolute Gasteiger partial charge is 0.307 e. The number of amides is 1. The molecule has 3 rings (SSSR count). The van der Waals surface area contributed by atoms with Crippen LogP contribution in [0.1, 0.15) is 11.3 Å². The summed E-state index contributed by atoms with van der Waals surface area (Å²) in [5.74, 6) is -0.533. The predicted molar refractivity (Wildman–Crippen MR) is 92.1 cm³/mol. The maximum absolute atomic E-state index is 12.5. The lowest BCUT2D eigenvalue weighted by Gasteiger charge is -2.14. The van der Waals surface area contributed by atoms with E-state index in [4.69, 9.17) is 21.7 Å². The van der Waals surface area contributed by atoms with Crippen molar-refractivity contribution in [3.63, 3.8) is 0 Å². The van der Waals surface area contributed by atoms with Gasteiger partial charge >= 0.3 is 5.97 Å². The molecular weight excluding hydrogens is 334 g/mol. The monoisotopic (exact) mass is 345 g/mol. The number of furan rings is 1. The van der Waals surface area contributed by atoms with Gasteiger partial charge < -0.3 is 9.52 Å². The zero-order valence-electron chi connectivity index (χ0n) is 11.8. The van der Waals surface area contributed by atoms with Crippen molar-refractivity contribution in [3.05, 3.63) is 58.9 Å². The largest absolute Gasteiger partial charge is 0.481 e. The van der Waals surface area contributed by atoms with E-state index in [9.17, 15) is 9.59 Å². The van der Waals surface area contributed by atoms with Crippen molar-refractivity contribution in [3.8, 4) is 0 Å². The highest BCUT2D eigenvalue weighted by Gasteiger charge is 2.33. The second kappa shape index (κ2) is 6.39. The number of rotatable bonds is 4. The van der Waals surface area contributed by atoms with E-state index in [0.29, 0.717) is 26.2 Å². The van der Waals surface area contributed by atoms with Crippen LogP contribution in [0.3, 0.4) is 0 Å². The molecule has 0 atom stereocenters. The number of thioether (sulfide) groups is 1. The Morgan fingerprint density at radius 3 is 2.65 bits per heavy atom. The molecule has 0 radical (unpaired) electrons. The Labute approximate surface area is 141 Å². The summed E-state index contributed by atoms with van der Waals surface area (Å²) in [5.41, 5.74) is 1.28. The van der Waals surface area contributed by atoms with Crippen LogP contribution in [-0.2, 0) is 16.0 Å². The molecule has 0 spiro atoms. The molecule has 0 saturated carbocycles. The van der Waals surface area contributed by atoms with Gasteiger partial charge in [-0.1, -0.05) is 36.1 Å². The molecule has 1 fully saturated rings. The third-order valence-corrected chi connectivity index (χ3v) is 4.46. The van der Waals surface area contributed by atoms with E-state index >= 15 is 0 Å². The quantitative estimate of drug-likeness (QED) is 0.677. The van der Waals surface area contributed by atoms with Gasteiger partial charge in [0.25, 0.3) is 5.91 Å². The number of carbonyl (C=O) groups excluding carboxylic acids is 1. The molecule has 1 saturated heterocycles. The molecule has 23 heavy (non-hydrogen) atoms. The first kappa shape index (κ1) is 15.5. The average Bonchev–Trinajstić information content (AvgIpc) is 3.09. The Bertz CT molecular complexity index is 794. The second-order valence-corrected chi connectivity index (χ2v) is 6.45. The number of carbonyl (C=O) groups is 2. The van der Waals surface area contributed by atoms with E-state index in [1.54, 1.807) is 42.5 Å². The molecule has 1 aliphatic heterocycles. The summed E-state index contributed by atoms with van der Waals surface area (Å²) in [6, 6.07) is 10.2. The molecule has 1 aromatic carbocycles. The number of carboxylic acid groups (broad SMARTS) is 1. The molecular formula is C16H11NO4S2. The van der Waals surface area contributed by atoms with E-state index in [2.05, 4.69) is 0 Å². The van der Waals surface area contributed by atoms with E-state index < -0.39 is 5.97 Å². The number of hydrogen-bond acceptors (Lipinski definition) is 5. The lowest BCUT2D eigenvalue weighted by atomic mass is 10.1. The fourth-order valence-corrected chi connectivity index (χ4v) is 3.41. The lowest BCUT2D eigenvalue weighted by Crippen LogP contribution is -2.27. The fourth-order valence-electron chi connectivity index (χ4n) is 2.13. The van der Waals surface area contributed by atoms with Crippen LogP contribution in [0, 0.1) is 0 Å². The summed E-state index contributed by atoms with van der Waals surface area (Å²) in [4.78, 5) is 25.1. The molecule has 1 amide bonds. The van der Waals surface area contributed by atoms with Gasteiger partial charge in [0.1, 0.15) is 5.76 Å². The van der Waals surface area contributed by atoms with E-state index in [1.807, 2.05) is 0 Å². The minimum absolute atomic E-state index is 0.0585. The van der Waals surface area contributed by atoms with Gasteiger partial charge in [-0.25, -0.2) is 0 Å². The summed E-state index contributed by atoms with van der Waals surface area (Å²) in [7, 11) is 0. The van der Waals surface area contributed by atoms with Gasteiger partial charge in [0.2, 0.25) is 0 Å². The molecule has 2 aromatic rings. The maximum Gasteiger partial charge on any atom is 0.307 e. The zero-order chi connectivity index (χ0) is 16.4. The Morgan fingerprint density at radius 2 is 2.04 bits per heavy atom. The van der Waals surface area contributed by atoms with Gasteiger partial charge in [0.15, 0.2) is 4.32 Å². The first-order valence-electron chi connectivity index (χ1n) is 6.67. The molecule has 0 bridgehead atoms. The van der Waals surface area contributed by atoms with Crippen LogP contribution in [0.2, 0.25) is 0 Å². The normalized spacial score (nSPS) is 16.3. The van der Waals surface area contributed by atoms with E-state index in [1.165, 1.54) is 22.9 Å². The Kier molecular flexibility index (Phi) is 4.31. The van der Waals surface area contributed by atoms with Crippen LogP contribution in [-0.4, -0.2) is 21.3 Å². The van der Waals surface area contributed by atoms with Crippen molar-refractivity contribution in [1.29, 1.82) is 0 Å². The SMILES string of the molecule is O=C(O)Cc1ccc(N2C(=O)/C(=C\c3ccco3)SC2=S)cc1. The molecule has 2 heterocycles. The molecule has 7 heteroatoms.